The maximum atomic E-state index is 11.9. The molecule has 1 aliphatic heterocycles. The van der Waals surface area contributed by atoms with Crippen LogP contribution in [0.15, 0.2) is 0 Å². The maximum absolute atomic E-state index is 11.9. The summed E-state index contributed by atoms with van der Waals surface area (Å²) in [4.78, 5) is 1.40. The Balaban J connectivity index is 2.25. The van der Waals surface area contributed by atoms with Gasteiger partial charge in [-0.3, -0.25) is 4.90 Å². The summed E-state index contributed by atoms with van der Waals surface area (Å²) in [5.41, 5.74) is 0. The highest BCUT2D eigenvalue weighted by Gasteiger charge is 2.32. The summed E-state index contributed by atoms with van der Waals surface area (Å²) in [6.45, 7) is 0.181. The smallest absolute Gasteiger partial charge is 0.396 e. The van der Waals surface area contributed by atoms with Crippen LogP contribution in [0.25, 0.3) is 0 Å². The minimum Gasteiger partial charge on any atom is -0.396 e. The topological polar surface area (TPSA) is 23.5 Å². The van der Waals surface area contributed by atoms with Crippen molar-refractivity contribution in [2.75, 3.05) is 26.2 Å². The number of aliphatic hydroxyl groups is 1. The molecule has 0 aromatic carbocycles. The number of hydrogen-bond donors (Lipinski definition) is 1. The quantitative estimate of drug-likeness (QED) is 0.720. The van der Waals surface area contributed by atoms with Crippen LogP contribution in [0.2, 0.25) is 0 Å². The highest BCUT2D eigenvalue weighted by molar-refractivity contribution is 4.73. The average molecular weight is 197 g/mol. The Bertz CT molecular complexity index is 152. The number of piperidine rings is 1. The number of hydrogen-bond acceptors (Lipinski definition) is 2. The lowest BCUT2D eigenvalue weighted by atomic mass is 9.98. The summed E-state index contributed by atoms with van der Waals surface area (Å²) in [5.74, 6) is 0.199. The van der Waals surface area contributed by atoms with E-state index in [4.69, 9.17) is 5.11 Å². The monoisotopic (exact) mass is 197 g/mol. The molecular formula is C8H14F3NO. The van der Waals surface area contributed by atoms with Gasteiger partial charge in [0, 0.05) is 6.61 Å². The minimum absolute atomic E-state index is 0.0971. The first-order valence-electron chi connectivity index (χ1n) is 4.41. The number of aliphatic hydroxyl groups excluding tert-OH is 1. The fraction of sp³-hybridized carbons (Fsp3) is 1.00. The normalized spacial score (nSPS) is 22.2. The standard InChI is InChI=1S/C8H14F3NO/c9-8(10,11)6-12-3-1-7(5-13)2-4-12/h7,13H,1-6H2. The molecule has 0 amide bonds. The fourth-order valence-electron chi connectivity index (χ4n) is 1.58. The van der Waals surface area contributed by atoms with Gasteiger partial charge < -0.3 is 5.11 Å². The van der Waals surface area contributed by atoms with Crippen molar-refractivity contribution in [1.29, 1.82) is 0 Å². The molecule has 78 valence electrons. The molecule has 0 saturated carbocycles. The highest BCUT2D eigenvalue weighted by Crippen LogP contribution is 2.21. The molecule has 0 atom stereocenters. The predicted molar refractivity (Wildman–Crippen MR) is 42.3 cm³/mol. The number of halogens is 3. The predicted octanol–water partition coefficient (Wildman–Crippen LogP) is 1.25. The summed E-state index contributed by atoms with van der Waals surface area (Å²) in [7, 11) is 0. The molecule has 0 unspecified atom stereocenters. The maximum Gasteiger partial charge on any atom is 0.401 e. The highest BCUT2D eigenvalue weighted by atomic mass is 19.4. The molecule has 1 N–H and O–H groups in total. The Morgan fingerprint density at radius 2 is 1.77 bits per heavy atom. The Labute approximate surface area is 75.3 Å². The van der Waals surface area contributed by atoms with Crippen LogP contribution in [0.3, 0.4) is 0 Å². The average Bonchev–Trinajstić information content (AvgIpc) is 2.03. The van der Waals surface area contributed by atoms with Crippen molar-refractivity contribution < 1.29 is 18.3 Å². The van der Waals surface area contributed by atoms with E-state index in [-0.39, 0.29) is 12.5 Å². The van der Waals surface area contributed by atoms with E-state index in [1.165, 1.54) is 4.90 Å². The minimum atomic E-state index is -4.09. The summed E-state index contributed by atoms with van der Waals surface area (Å²) in [6, 6.07) is 0. The third kappa shape index (κ3) is 3.95. The fourth-order valence-corrected chi connectivity index (χ4v) is 1.58. The van der Waals surface area contributed by atoms with Gasteiger partial charge >= 0.3 is 6.18 Å². The lowest BCUT2D eigenvalue weighted by Gasteiger charge is -2.31. The summed E-state index contributed by atoms with van der Waals surface area (Å²) in [5, 5.41) is 8.77. The van der Waals surface area contributed by atoms with E-state index >= 15 is 0 Å². The lowest BCUT2D eigenvalue weighted by molar-refractivity contribution is -0.148. The van der Waals surface area contributed by atoms with Crippen molar-refractivity contribution in [3.05, 3.63) is 0 Å². The molecule has 1 rings (SSSR count). The second-order valence-corrected chi connectivity index (χ2v) is 3.52. The lowest BCUT2D eigenvalue weighted by Crippen LogP contribution is -2.40. The third-order valence-electron chi connectivity index (χ3n) is 2.37. The first-order valence-corrected chi connectivity index (χ1v) is 4.41. The van der Waals surface area contributed by atoms with Gasteiger partial charge in [-0.25, -0.2) is 0 Å². The van der Waals surface area contributed by atoms with E-state index < -0.39 is 12.7 Å². The number of likely N-dealkylation sites (tertiary alicyclic amines) is 1. The molecular weight excluding hydrogens is 183 g/mol. The molecule has 5 heteroatoms. The Kier molecular flexibility index (Phi) is 3.55. The van der Waals surface area contributed by atoms with Crippen molar-refractivity contribution in [3.63, 3.8) is 0 Å². The molecule has 1 fully saturated rings. The molecule has 0 bridgehead atoms. The summed E-state index contributed by atoms with van der Waals surface area (Å²) < 4.78 is 35.8. The SMILES string of the molecule is OCC1CCN(CC(F)(F)F)CC1. The van der Waals surface area contributed by atoms with Crippen LogP contribution >= 0.6 is 0 Å². The Morgan fingerprint density at radius 1 is 1.23 bits per heavy atom. The number of rotatable bonds is 2. The van der Waals surface area contributed by atoms with E-state index in [9.17, 15) is 13.2 Å². The molecule has 0 aromatic heterocycles. The summed E-state index contributed by atoms with van der Waals surface area (Å²) >= 11 is 0. The van der Waals surface area contributed by atoms with Crippen molar-refractivity contribution in [2.45, 2.75) is 19.0 Å². The molecule has 0 spiro atoms. The molecule has 1 heterocycles. The first kappa shape index (κ1) is 10.8. The first-order chi connectivity index (χ1) is 6.01. The second-order valence-electron chi connectivity index (χ2n) is 3.52. The van der Waals surface area contributed by atoms with Crippen molar-refractivity contribution >= 4 is 0 Å². The van der Waals surface area contributed by atoms with Crippen LogP contribution in [-0.4, -0.2) is 42.4 Å². The Hall–Kier alpha value is -0.290. The molecule has 0 radical (unpaired) electrons. The van der Waals surface area contributed by atoms with Gasteiger partial charge in [-0.1, -0.05) is 0 Å². The molecule has 0 aliphatic carbocycles. The van der Waals surface area contributed by atoms with Gasteiger partial charge in [-0.2, -0.15) is 13.2 Å². The molecule has 0 aromatic rings. The van der Waals surface area contributed by atoms with Gasteiger partial charge in [-0.05, 0) is 31.8 Å². The Morgan fingerprint density at radius 3 is 2.15 bits per heavy atom. The van der Waals surface area contributed by atoms with Crippen LogP contribution in [0.4, 0.5) is 13.2 Å². The van der Waals surface area contributed by atoms with Crippen molar-refractivity contribution in [1.82, 2.24) is 4.90 Å². The van der Waals surface area contributed by atoms with Gasteiger partial charge in [0.05, 0.1) is 6.54 Å². The van der Waals surface area contributed by atoms with Crippen LogP contribution in [0, 0.1) is 5.92 Å². The van der Waals surface area contributed by atoms with Gasteiger partial charge in [0.25, 0.3) is 0 Å². The van der Waals surface area contributed by atoms with Crippen molar-refractivity contribution in [2.24, 2.45) is 5.92 Å². The van der Waals surface area contributed by atoms with Crippen LogP contribution in [0.5, 0.6) is 0 Å². The largest absolute Gasteiger partial charge is 0.401 e. The van der Waals surface area contributed by atoms with E-state index in [0.29, 0.717) is 25.9 Å². The summed E-state index contributed by atoms with van der Waals surface area (Å²) in [6.07, 6.45) is -2.74. The number of alkyl halides is 3. The van der Waals surface area contributed by atoms with Gasteiger partial charge in [0.1, 0.15) is 0 Å². The third-order valence-corrected chi connectivity index (χ3v) is 2.37. The molecule has 1 aliphatic rings. The molecule has 13 heavy (non-hydrogen) atoms. The van der Waals surface area contributed by atoms with E-state index in [1.807, 2.05) is 0 Å². The molecule has 2 nitrogen and oxygen atoms in total. The zero-order valence-electron chi connectivity index (χ0n) is 7.35. The van der Waals surface area contributed by atoms with Crippen LogP contribution in [-0.2, 0) is 0 Å². The van der Waals surface area contributed by atoms with Gasteiger partial charge in [-0.15, -0.1) is 0 Å². The van der Waals surface area contributed by atoms with Gasteiger partial charge in [0.2, 0.25) is 0 Å². The van der Waals surface area contributed by atoms with Crippen LogP contribution in [0.1, 0.15) is 12.8 Å². The van der Waals surface area contributed by atoms with Crippen molar-refractivity contribution in [3.8, 4) is 0 Å². The van der Waals surface area contributed by atoms with E-state index in [2.05, 4.69) is 0 Å². The van der Waals surface area contributed by atoms with E-state index in [0.717, 1.165) is 0 Å². The van der Waals surface area contributed by atoms with Crippen LogP contribution < -0.4 is 0 Å². The van der Waals surface area contributed by atoms with Gasteiger partial charge in [0.15, 0.2) is 0 Å². The number of nitrogens with zero attached hydrogens (tertiary/aromatic N) is 1. The second kappa shape index (κ2) is 4.28. The van der Waals surface area contributed by atoms with E-state index in [1.54, 1.807) is 0 Å². The zero-order chi connectivity index (χ0) is 9.90. The molecule has 1 saturated heterocycles. The zero-order valence-corrected chi connectivity index (χ0v) is 7.35.